The summed E-state index contributed by atoms with van der Waals surface area (Å²) in [5.74, 6) is 1.24. The first-order valence-electron chi connectivity index (χ1n) is 6.73. The molecule has 5 nitrogen and oxygen atoms in total. The van der Waals surface area contributed by atoms with Gasteiger partial charge < -0.3 is 9.84 Å². The Morgan fingerprint density at radius 1 is 1.50 bits per heavy atom. The van der Waals surface area contributed by atoms with Crippen molar-refractivity contribution in [3.05, 3.63) is 35.2 Å². The van der Waals surface area contributed by atoms with E-state index in [0.29, 0.717) is 29.3 Å². The lowest BCUT2D eigenvalue weighted by Gasteiger charge is -2.12. The molecular formula is C14H17ClN4O. The Morgan fingerprint density at radius 3 is 3.15 bits per heavy atom. The van der Waals surface area contributed by atoms with Gasteiger partial charge in [-0.1, -0.05) is 28.9 Å². The van der Waals surface area contributed by atoms with Gasteiger partial charge in [0.25, 0.3) is 0 Å². The standard InChI is InChI=1S/C14H17ClN4O/c1-16-12-5-6-19(8-12)9-13-17-14(18-20-13)10-3-2-4-11(15)7-10/h2-4,7,12,16H,5-6,8-9H2,1H3. The van der Waals surface area contributed by atoms with Gasteiger partial charge >= 0.3 is 0 Å². The minimum atomic E-state index is 0.560. The van der Waals surface area contributed by atoms with E-state index in [1.807, 2.05) is 31.3 Å². The smallest absolute Gasteiger partial charge is 0.241 e. The van der Waals surface area contributed by atoms with Gasteiger partial charge in [-0.15, -0.1) is 0 Å². The van der Waals surface area contributed by atoms with E-state index >= 15 is 0 Å². The number of aromatic nitrogens is 2. The second-order valence-corrected chi connectivity index (χ2v) is 5.47. The molecule has 1 atom stereocenters. The van der Waals surface area contributed by atoms with Gasteiger partial charge in [0, 0.05) is 29.7 Å². The predicted molar refractivity (Wildman–Crippen MR) is 77.5 cm³/mol. The highest BCUT2D eigenvalue weighted by Crippen LogP contribution is 2.20. The Bertz CT molecular complexity index is 586. The maximum absolute atomic E-state index is 5.97. The molecule has 0 spiro atoms. The molecule has 0 saturated carbocycles. The van der Waals surface area contributed by atoms with E-state index in [1.165, 1.54) is 0 Å². The van der Waals surface area contributed by atoms with Gasteiger partial charge in [-0.2, -0.15) is 4.98 Å². The largest absolute Gasteiger partial charge is 0.338 e. The first kappa shape index (κ1) is 13.5. The van der Waals surface area contributed by atoms with Crippen LogP contribution in [0.25, 0.3) is 11.4 Å². The van der Waals surface area contributed by atoms with E-state index < -0.39 is 0 Å². The number of likely N-dealkylation sites (N-methyl/N-ethyl adjacent to an activating group) is 1. The van der Waals surface area contributed by atoms with Crippen molar-refractivity contribution in [2.45, 2.75) is 19.0 Å². The fraction of sp³-hybridized carbons (Fsp3) is 0.429. The van der Waals surface area contributed by atoms with Crippen LogP contribution in [0.15, 0.2) is 28.8 Å². The zero-order valence-electron chi connectivity index (χ0n) is 11.3. The maximum atomic E-state index is 5.97. The molecule has 2 heterocycles. The summed E-state index contributed by atoms with van der Waals surface area (Å²) in [6.45, 7) is 2.78. The normalized spacial score (nSPS) is 19.6. The first-order chi connectivity index (χ1) is 9.74. The monoisotopic (exact) mass is 292 g/mol. The van der Waals surface area contributed by atoms with Crippen molar-refractivity contribution >= 4 is 11.6 Å². The van der Waals surface area contributed by atoms with E-state index in [-0.39, 0.29) is 0 Å². The summed E-state index contributed by atoms with van der Waals surface area (Å²) in [5.41, 5.74) is 0.877. The number of nitrogens with one attached hydrogen (secondary N) is 1. The predicted octanol–water partition coefficient (Wildman–Crippen LogP) is 2.18. The maximum Gasteiger partial charge on any atom is 0.241 e. The molecule has 6 heteroatoms. The SMILES string of the molecule is CNC1CCN(Cc2nc(-c3cccc(Cl)c3)no2)C1. The summed E-state index contributed by atoms with van der Waals surface area (Å²) >= 11 is 5.97. The van der Waals surface area contributed by atoms with Crippen LogP contribution in [0.4, 0.5) is 0 Å². The number of benzene rings is 1. The van der Waals surface area contributed by atoms with Crippen molar-refractivity contribution in [3.63, 3.8) is 0 Å². The Balaban J connectivity index is 1.68. The summed E-state index contributed by atoms with van der Waals surface area (Å²) in [4.78, 5) is 6.75. The zero-order valence-corrected chi connectivity index (χ0v) is 12.1. The van der Waals surface area contributed by atoms with Crippen molar-refractivity contribution in [2.24, 2.45) is 0 Å². The topological polar surface area (TPSA) is 54.2 Å². The molecule has 0 amide bonds. The number of hydrogen-bond donors (Lipinski definition) is 1. The highest BCUT2D eigenvalue weighted by atomic mass is 35.5. The number of rotatable bonds is 4. The molecular weight excluding hydrogens is 276 g/mol. The molecule has 1 aromatic heterocycles. The van der Waals surface area contributed by atoms with E-state index in [4.69, 9.17) is 16.1 Å². The van der Waals surface area contributed by atoms with Crippen LogP contribution in [0.3, 0.4) is 0 Å². The third-order valence-electron chi connectivity index (χ3n) is 3.59. The minimum Gasteiger partial charge on any atom is -0.338 e. The number of nitrogens with zero attached hydrogens (tertiary/aromatic N) is 3. The van der Waals surface area contributed by atoms with E-state index in [9.17, 15) is 0 Å². The summed E-state index contributed by atoms with van der Waals surface area (Å²) in [5, 5.41) is 7.99. The van der Waals surface area contributed by atoms with Gasteiger partial charge in [-0.25, -0.2) is 0 Å². The fourth-order valence-corrected chi connectivity index (χ4v) is 2.66. The lowest BCUT2D eigenvalue weighted by atomic mass is 10.2. The van der Waals surface area contributed by atoms with E-state index in [0.717, 1.165) is 25.1 Å². The first-order valence-corrected chi connectivity index (χ1v) is 7.10. The molecule has 1 unspecified atom stereocenters. The Labute approximate surface area is 122 Å². The van der Waals surface area contributed by atoms with Crippen molar-refractivity contribution in [1.29, 1.82) is 0 Å². The minimum absolute atomic E-state index is 0.560. The molecule has 0 radical (unpaired) electrons. The van der Waals surface area contributed by atoms with Crippen LogP contribution in [-0.4, -0.2) is 41.2 Å². The van der Waals surface area contributed by atoms with Gasteiger partial charge in [-0.05, 0) is 25.6 Å². The Hall–Kier alpha value is -1.43. The van der Waals surface area contributed by atoms with Crippen LogP contribution in [0.1, 0.15) is 12.3 Å². The van der Waals surface area contributed by atoms with Gasteiger partial charge in [0.2, 0.25) is 11.7 Å². The number of hydrogen-bond acceptors (Lipinski definition) is 5. The highest BCUT2D eigenvalue weighted by Gasteiger charge is 2.22. The molecule has 1 saturated heterocycles. The lowest BCUT2D eigenvalue weighted by molar-refractivity contribution is 0.263. The second-order valence-electron chi connectivity index (χ2n) is 5.03. The van der Waals surface area contributed by atoms with Gasteiger partial charge in [0.05, 0.1) is 6.54 Å². The van der Waals surface area contributed by atoms with Gasteiger partial charge in [0.15, 0.2) is 0 Å². The molecule has 106 valence electrons. The van der Waals surface area contributed by atoms with Gasteiger partial charge in [0.1, 0.15) is 0 Å². The Morgan fingerprint density at radius 2 is 2.40 bits per heavy atom. The third-order valence-corrected chi connectivity index (χ3v) is 3.83. The zero-order chi connectivity index (χ0) is 13.9. The molecule has 0 bridgehead atoms. The van der Waals surface area contributed by atoms with Crippen molar-refractivity contribution in [2.75, 3.05) is 20.1 Å². The number of likely N-dealkylation sites (tertiary alicyclic amines) is 1. The van der Waals surface area contributed by atoms with Crippen LogP contribution in [0, 0.1) is 0 Å². The average molecular weight is 293 g/mol. The van der Waals surface area contributed by atoms with Crippen LogP contribution < -0.4 is 5.32 Å². The molecule has 1 aromatic carbocycles. The number of halogens is 1. The van der Waals surface area contributed by atoms with Crippen LogP contribution in [-0.2, 0) is 6.54 Å². The second kappa shape index (κ2) is 5.91. The molecule has 1 N–H and O–H groups in total. The molecule has 20 heavy (non-hydrogen) atoms. The van der Waals surface area contributed by atoms with Crippen LogP contribution in [0.2, 0.25) is 5.02 Å². The quantitative estimate of drug-likeness (QED) is 0.936. The molecule has 1 aliphatic heterocycles. The molecule has 0 aliphatic carbocycles. The third kappa shape index (κ3) is 3.00. The lowest BCUT2D eigenvalue weighted by Crippen LogP contribution is -2.29. The van der Waals surface area contributed by atoms with Crippen molar-refractivity contribution in [1.82, 2.24) is 20.4 Å². The average Bonchev–Trinajstić information content (AvgIpc) is 3.08. The molecule has 3 rings (SSSR count). The van der Waals surface area contributed by atoms with E-state index in [1.54, 1.807) is 0 Å². The van der Waals surface area contributed by atoms with Crippen LogP contribution >= 0.6 is 11.6 Å². The summed E-state index contributed by atoms with van der Waals surface area (Å²) in [6, 6.07) is 8.03. The summed E-state index contributed by atoms with van der Waals surface area (Å²) in [6.07, 6.45) is 1.16. The molecule has 1 fully saturated rings. The van der Waals surface area contributed by atoms with Crippen LogP contribution in [0.5, 0.6) is 0 Å². The highest BCUT2D eigenvalue weighted by molar-refractivity contribution is 6.30. The van der Waals surface area contributed by atoms with E-state index in [2.05, 4.69) is 20.4 Å². The molecule has 1 aliphatic rings. The van der Waals surface area contributed by atoms with Crippen molar-refractivity contribution in [3.8, 4) is 11.4 Å². The Kier molecular flexibility index (Phi) is 4.00. The molecule has 2 aromatic rings. The van der Waals surface area contributed by atoms with Crippen molar-refractivity contribution < 1.29 is 4.52 Å². The summed E-state index contributed by atoms with van der Waals surface area (Å²) in [7, 11) is 2.00. The van der Waals surface area contributed by atoms with Gasteiger partial charge in [-0.3, -0.25) is 4.90 Å². The summed E-state index contributed by atoms with van der Waals surface area (Å²) < 4.78 is 5.32. The fourth-order valence-electron chi connectivity index (χ4n) is 2.47.